The normalized spacial score (nSPS) is 13.2. The Hall–Kier alpha value is -5.13. The number of carbonyl (C=O) groups excluding carboxylic acids is 3. The first-order valence-corrected chi connectivity index (χ1v) is 20.3. The van der Waals surface area contributed by atoms with Crippen LogP contribution in [0.3, 0.4) is 0 Å². The predicted octanol–water partition coefficient (Wildman–Crippen LogP) is 5.54. The lowest BCUT2D eigenvalue weighted by Gasteiger charge is -2.25. The van der Waals surface area contributed by atoms with Gasteiger partial charge >= 0.3 is 5.97 Å². The van der Waals surface area contributed by atoms with Gasteiger partial charge in [-0.2, -0.15) is 0 Å². The maximum Gasteiger partial charge on any atom is 0.379 e. The Morgan fingerprint density at radius 3 is 2.19 bits per heavy atom. The smallest absolute Gasteiger partial charge is 0.379 e. The third-order valence-electron chi connectivity index (χ3n) is 8.87. The molecule has 16 heteroatoms. The number of sulfonamides is 1. The van der Waals surface area contributed by atoms with E-state index < -0.39 is 27.6 Å². The van der Waals surface area contributed by atoms with Crippen molar-refractivity contribution in [3.63, 3.8) is 0 Å². The average molecular weight is 811 g/mol. The topological polar surface area (TPSA) is 180 Å². The number of benzene rings is 3. The highest BCUT2D eigenvalue weighted by atomic mass is 32.2. The molecule has 0 aliphatic heterocycles. The molecular formula is C41H47FN2O12S. The number of esters is 1. The minimum Gasteiger partial charge on any atom is -0.507 e. The van der Waals surface area contributed by atoms with Crippen LogP contribution in [0.4, 0.5) is 10.1 Å². The van der Waals surface area contributed by atoms with Crippen LogP contribution >= 0.6 is 0 Å². The van der Waals surface area contributed by atoms with Gasteiger partial charge in [0.1, 0.15) is 22.9 Å². The van der Waals surface area contributed by atoms with Crippen LogP contribution in [0.1, 0.15) is 52.7 Å². The predicted molar refractivity (Wildman–Crippen MR) is 210 cm³/mol. The third-order valence-corrected chi connectivity index (χ3v) is 10.1. The van der Waals surface area contributed by atoms with Gasteiger partial charge in [0.2, 0.25) is 10.0 Å². The molecule has 0 radical (unpaired) electrons. The number of fused-ring (bicyclic) bond motifs is 1. The second-order valence-electron chi connectivity index (χ2n) is 13.1. The molecule has 0 spiro atoms. The summed E-state index contributed by atoms with van der Waals surface area (Å²) in [6.45, 7) is 3.73. The van der Waals surface area contributed by atoms with Gasteiger partial charge in [0.15, 0.2) is 0 Å². The molecule has 1 aliphatic rings. The monoisotopic (exact) mass is 810 g/mol. The highest BCUT2D eigenvalue weighted by Crippen LogP contribution is 2.48. The second-order valence-corrected chi connectivity index (χ2v) is 15.0. The molecule has 2 N–H and O–H groups in total. The van der Waals surface area contributed by atoms with Crippen LogP contribution in [0.25, 0.3) is 28.1 Å². The standard InChI is InChI=1S/C41H47FN2O12S/c1-4-55-41(48)36(46)25-35(45)30-7-5-6-27(22-30)26-54-21-20-53-19-18-52-17-16-51-15-14-44(57(3,49)50)34-24-37-33(23-32(34)28-8-9-28)38(40(47)43-2)39(56-37)29-10-12-31(42)13-11-29/h5-7,10-13,22-25,28,45H,4,8-9,14-21,26H2,1-3H3,(H,43,47)/b35-25-. The number of nitrogens with one attached hydrogen (secondary N) is 1. The number of rotatable bonds is 23. The number of carbonyl (C=O) groups is 3. The van der Waals surface area contributed by atoms with Gasteiger partial charge in [0, 0.05) is 35.7 Å². The Morgan fingerprint density at radius 1 is 0.930 bits per heavy atom. The lowest BCUT2D eigenvalue weighted by Crippen LogP contribution is -2.34. The van der Waals surface area contributed by atoms with E-state index in [1.165, 1.54) is 35.6 Å². The SMILES string of the molecule is CCOC(=O)C(=O)/C=C(\O)c1cccc(COCCOCCOCCOCCN(c2cc3oc(-c4ccc(F)cc4)c(C(=O)NC)c3cc2C2CC2)S(C)(=O)=O)c1. The van der Waals surface area contributed by atoms with Gasteiger partial charge in [0.05, 0.1) is 83.5 Å². The molecule has 1 amide bonds. The van der Waals surface area contributed by atoms with Crippen molar-refractivity contribution in [2.45, 2.75) is 32.3 Å². The molecule has 0 saturated heterocycles. The van der Waals surface area contributed by atoms with Crippen LogP contribution in [0.2, 0.25) is 0 Å². The first-order chi connectivity index (χ1) is 27.4. The largest absolute Gasteiger partial charge is 0.507 e. The van der Waals surface area contributed by atoms with Crippen LogP contribution < -0.4 is 9.62 Å². The number of ketones is 1. The molecule has 3 aromatic carbocycles. The van der Waals surface area contributed by atoms with E-state index in [-0.39, 0.29) is 62.9 Å². The van der Waals surface area contributed by atoms with E-state index >= 15 is 0 Å². The van der Waals surface area contributed by atoms with E-state index in [2.05, 4.69) is 10.1 Å². The van der Waals surface area contributed by atoms with E-state index in [1.54, 1.807) is 37.3 Å². The molecule has 1 heterocycles. The zero-order valence-electron chi connectivity index (χ0n) is 32.1. The van der Waals surface area contributed by atoms with Crippen LogP contribution in [-0.2, 0) is 49.9 Å². The fraction of sp³-hybridized carbons (Fsp3) is 0.390. The fourth-order valence-electron chi connectivity index (χ4n) is 5.99. The van der Waals surface area contributed by atoms with Crippen molar-refractivity contribution in [3.8, 4) is 11.3 Å². The summed E-state index contributed by atoms with van der Waals surface area (Å²) in [4.78, 5) is 36.4. The van der Waals surface area contributed by atoms with E-state index in [9.17, 15) is 32.3 Å². The summed E-state index contributed by atoms with van der Waals surface area (Å²) in [5.74, 6) is -2.77. The highest BCUT2D eigenvalue weighted by Gasteiger charge is 2.33. The summed E-state index contributed by atoms with van der Waals surface area (Å²) in [6.07, 6.45) is 3.71. The van der Waals surface area contributed by atoms with Crippen molar-refractivity contribution < 1.29 is 60.4 Å². The van der Waals surface area contributed by atoms with E-state index in [0.29, 0.717) is 59.8 Å². The fourth-order valence-corrected chi connectivity index (χ4v) is 6.91. The van der Waals surface area contributed by atoms with Crippen molar-refractivity contribution in [2.75, 3.05) is 77.0 Å². The lowest BCUT2D eigenvalue weighted by atomic mass is 10.0. The van der Waals surface area contributed by atoms with Crippen LogP contribution in [0.15, 0.2) is 71.2 Å². The van der Waals surface area contributed by atoms with Crippen LogP contribution in [-0.4, -0.2) is 104 Å². The number of aliphatic hydroxyl groups excluding tert-OH is 1. The van der Waals surface area contributed by atoms with Crippen molar-refractivity contribution >= 4 is 50.1 Å². The minimum atomic E-state index is -3.75. The van der Waals surface area contributed by atoms with Crippen molar-refractivity contribution in [1.29, 1.82) is 0 Å². The number of nitrogens with zero attached hydrogens (tertiary/aromatic N) is 1. The Balaban J connectivity index is 1.05. The van der Waals surface area contributed by atoms with Gasteiger partial charge in [-0.25, -0.2) is 17.6 Å². The number of halogens is 1. The minimum absolute atomic E-state index is 0.0400. The maximum atomic E-state index is 13.7. The molecule has 0 bridgehead atoms. The molecule has 1 saturated carbocycles. The maximum absolute atomic E-state index is 13.7. The highest BCUT2D eigenvalue weighted by molar-refractivity contribution is 7.92. The number of hydrogen-bond donors (Lipinski definition) is 2. The van der Waals surface area contributed by atoms with Gasteiger partial charge in [-0.3, -0.25) is 13.9 Å². The number of hydrogen-bond acceptors (Lipinski definition) is 12. The first kappa shape index (κ1) is 43.0. The van der Waals surface area contributed by atoms with Crippen molar-refractivity contribution in [1.82, 2.24) is 5.32 Å². The molecule has 14 nitrogen and oxygen atoms in total. The molecular weight excluding hydrogens is 764 g/mol. The van der Waals surface area contributed by atoms with Gasteiger partial charge in [-0.1, -0.05) is 18.2 Å². The summed E-state index contributed by atoms with van der Waals surface area (Å²) in [5, 5.41) is 13.4. The summed E-state index contributed by atoms with van der Waals surface area (Å²) < 4.78 is 74.5. The average Bonchev–Trinajstić information content (AvgIpc) is 3.97. The van der Waals surface area contributed by atoms with E-state index in [1.807, 2.05) is 6.07 Å². The summed E-state index contributed by atoms with van der Waals surface area (Å²) in [5.41, 5.74) is 3.48. The lowest BCUT2D eigenvalue weighted by molar-refractivity contribution is -0.151. The van der Waals surface area contributed by atoms with Gasteiger partial charge in [0.25, 0.3) is 11.7 Å². The molecule has 0 atom stereocenters. The van der Waals surface area contributed by atoms with Crippen LogP contribution in [0.5, 0.6) is 0 Å². The van der Waals surface area contributed by atoms with Gasteiger partial charge in [-0.05, 0) is 73.2 Å². The third kappa shape index (κ3) is 11.9. The number of aliphatic hydroxyl groups is 1. The van der Waals surface area contributed by atoms with Crippen molar-refractivity contribution in [2.24, 2.45) is 0 Å². The molecule has 4 aromatic rings. The zero-order valence-corrected chi connectivity index (χ0v) is 32.9. The number of ether oxygens (including phenoxy) is 5. The molecule has 1 aliphatic carbocycles. The number of furan rings is 1. The molecule has 1 aromatic heterocycles. The molecule has 5 rings (SSSR count). The Bertz CT molecular complexity index is 2160. The second kappa shape index (κ2) is 20.3. The summed E-state index contributed by atoms with van der Waals surface area (Å²) in [7, 11) is -2.23. The Morgan fingerprint density at radius 2 is 1.58 bits per heavy atom. The quantitative estimate of drug-likeness (QED) is 0.0315. The summed E-state index contributed by atoms with van der Waals surface area (Å²) >= 11 is 0. The number of anilines is 1. The molecule has 0 unspecified atom stereocenters. The molecule has 306 valence electrons. The first-order valence-electron chi connectivity index (χ1n) is 18.5. The van der Waals surface area contributed by atoms with E-state index in [4.69, 9.17) is 23.4 Å². The molecule has 57 heavy (non-hydrogen) atoms. The Kier molecular flexibility index (Phi) is 15.3. The molecule has 1 fully saturated rings. The van der Waals surface area contributed by atoms with Crippen molar-refractivity contribution in [3.05, 3.63) is 94.8 Å². The number of amides is 1. The van der Waals surface area contributed by atoms with Gasteiger partial charge < -0.3 is 38.5 Å². The zero-order chi connectivity index (χ0) is 41.0. The Labute approximate surface area is 330 Å². The van der Waals surface area contributed by atoms with Gasteiger partial charge in [-0.15, -0.1) is 0 Å². The van der Waals surface area contributed by atoms with Crippen LogP contribution in [0, 0.1) is 5.82 Å². The van der Waals surface area contributed by atoms with E-state index in [0.717, 1.165) is 36.3 Å². The summed E-state index contributed by atoms with van der Waals surface area (Å²) in [6, 6.07) is 15.8.